The van der Waals surface area contributed by atoms with Crippen LogP contribution in [0.15, 0.2) is 18.2 Å². The summed E-state index contributed by atoms with van der Waals surface area (Å²) >= 11 is 0. The van der Waals surface area contributed by atoms with Gasteiger partial charge in [-0.15, -0.1) is 0 Å². The van der Waals surface area contributed by atoms with Gasteiger partial charge in [0.1, 0.15) is 0 Å². The van der Waals surface area contributed by atoms with E-state index in [2.05, 4.69) is 10.1 Å². The normalized spacial score (nSPS) is 9.95. The summed E-state index contributed by atoms with van der Waals surface area (Å²) in [6.45, 7) is 2.54. The molecule has 0 bridgehead atoms. The molecular formula is C14H19N3O5. The van der Waals surface area contributed by atoms with Crippen LogP contribution >= 0.6 is 0 Å². The Hall–Kier alpha value is -2.64. The van der Waals surface area contributed by atoms with E-state index in [4.69, 9.17) is 0 Å². The molecule has 0 aliphatic rings. The zero-order valence-corrected chi connectivity index (χ0v) is 12.8. The first-order chi connectivity index (χ1) is 10.4. The second-order valence-corrected chi connectivity index (χ2v) is 4.66. The summed E-state index contributed by atoms with van der Waals surface area (Å²) in [7, 11) is 2.82. The molecule has 0 aromatic heterocycles. The predicted molar refractivity (Wildman–Crippen MR) is 81.0 cm³/mol. The van der Waals surface area contributed by atoms with Crippen LogP contribution in [0.3, 0.4) is 0 Å². The summed E-state index contributed by atoms with van der Waals surface area (Å²) in [5.41, 5.74) is 0.222. The van der Waals surface area contributed by atoms with Crippen molar-refractivity contribution in [1.29, 1.82) is 0 Å². The lowest BCUT2D eigenvalue weighted by Gasteiger charge is -2.21. The number of nitro groups is 1. The van der Waals surface area contributed by atoms with E-state index in [-0.39, 0.29) is 23.7 Å². The van der Waals surface area contributed by atoms with Crippen LogP contribution in [0.1, 0.15) is 23.7 Å². The Morgan fingerprint density at radius 1 is 1.41 bits per heavy atom. The third kappa shape index (κ3) is 4.44. The number of nitrogens with zero attached hydrogens (tertiary/aromatic N) is 2. The minimum atomic E-state index is -0.695. The zero-order chi connectivity index (χ0) is 16.7. The Morgan fingerprint density at radius 3 is 2.64 bits per heavy atom. The van der Waals surface area contributed by atoms with E-state index >= 15 is 0 Å². The van der Waals surface area contributed by atoms with Crippen molar-refractivity contribution in [2.24, 2.45) is 0 Å². The van der Waals surface area contributed by atoms with Crippen LogP contribution in [0.25, 0.3) is 0 Å². The maximum atomic E-state index is 11.8. The largest absolute Gasteiger partial charge is 0.465 e. The second-order valence-electron chi connectivity index (χ2n) is 4.66. The Kier molecular flexibility index (Phi) is 6.30. The number of esters is 1. The number of rotatable bonds is 7. The van der Waals surface area contributed by atoms with E-state index in [0.29, 0.717) is 12.2 Å². The molecule has 1 rings (SSSR count). The number of carbonyl (C=O) groups excluding carboxylic acids is 2. The number of likely N-dealkylation sites (N-methyl/N-ethyl adjacent to an activating group) is 1. The van der Waals surface area contributed by atoms with Crippen molar-refractivity contribution >= 4 is 23.3 Å². The third-order valence-corrected chi connectivity index (χ3v) is 2.96. The SMILES string of the molecule is CCCNC(=O)CN(C)c1ccc([N+](=O)[O-])cc1C(=O)OC. The van der Waals surface area contributed by atoms with Crippen molar-refractivity contribution in [3.05, 3.63) is 33.9 Å². The fourth-order valence-corrected chi connectivity index (χ4v) is 1.86. The summed E-state index contributed by atoms with van der Waals surface area (Å²) in [6.07, 6.45) is 0.820. The van der Waals surface area contributed by atoms with Gasteiger partial charge in [-0.2, -0.15) is 0 Å². The maximum Gasteiger partial charge on any atom is 0.340 e. The molecule has 120 valence electrons. The van der Waals surface area contributed by atoms with Crippen LogP contribution in [0.2, 0.25) is 0 Å². The highest BCUT2D eigenvalue weighted by atomic mass is 16.6. The van der Waals surface area contributed by atoms with Crippen molar-refractivity contribution in [2.45, 2.75) is 13.3 Å². The molecule has 0 saturated carbocycles. The average Bonchev–Trinajstić information content (AvgIpc) is 2.51. The zero-order valence-electron chi connectivity index (χ0n) is 12.8. The van der Waals surface area contributed by atoms with Gasteiger partial charge in [0.2, 0.25) is 5.91 Å². The van der Waals surface area contributed by atoms with E-state index in [9.17, 15) is 19.7 Å². The molecule has 0 aliphatic carbocycles. The number of non-ortho nitro benzene ring substituents is 1. The molecule has 8 nitrogen and oxygen atoms in total. The van der Waals surface area contributed by atoms with Gasteiger partial charge in [0.15, 0.2) is 0 Å². The molecule has 0 spiro atoms. The quantitative estimate of drug-likeness (QED) is 0.463. The monoisotopic (exact) mass is 309 g/mol. The van der Waals surface area contributed by atoms with Gasteiger partial charge in [-0.25, -0.2) is 4.79 Å². The van der Waals surface area contributed by atoms with E-state index in [1.807, 2.05) is 6.92 Å². The summed E-state index contributed by atoms with van der Waals surface area (Å²) < 4.78 is 4.64. The van der Waals surface area contributed by atoms with E-state index < -0.39 is 10.9 Å². The molecule has 0 atom stereocenters. The molecule has 1 aromatic rings. The Bertz CT molecular complexity index is 574. The lowest BCUT2D eigenvalue weighted by Crippen LogP contribution is -2.36. The number of methoxy groups -OCH3 is 1. The van der Waals surface area contributed by atoms with Crippen LogP contribution in [0.5, 0.6) is 0 Å². The molecule has 0 radical (unpaired) electrons. The van der Waals surface area contributed by atoms with Crippen molar-refractivity contribution < 1.29 is 19.2 Å². The van der Waals surface area contributed by atoms with Gasteiger partial charge in [0.25, 0.3) is 5.69 Å². The van der Waals surface area contributed by atoms with Gasteiger partial charge < -0.3 is 15.0 Å². The van der Waals surface area contributed by atoms with Crippen LogP contribution in [0.4, 0.5) is 11.4 Å². The highest BCUT2D eigenvalue weighted by Gasteiger charge is 2.20. The van der Waals surface area contributed by atoms with Gasteiger partial charge >= 0.3 is 5.97 Å². The van der Waals surface area contributed by atoms with Crippen molar-refractivity contribution in [3.63, 3.8) is 0 Å². The first-order valence-corrected chi connectivity index (χ1v) is 6.75. The summed E-state index contributed by atoms with van der Waals surface area (Å²) in [4.78, 5) is 35.3. The van der Waals surface area contributed by atoms with Crippen molar-refractivity contribution in [2.75, 3.05) is 32.1 Å². The van der Waals surface area contributed by atoms with Gasteiger partial charge in [-0.05, 0) is 12.5 Å². The maximum absolute atomic E-state index is 11.8. The first kappa shape index (κ1) is 17.4. The molecular weight excluding hydrogens is 290 g/mol. The highest BCUT2D eigenvalue weighted by Crippen LogP contribution is 2.25. The highest BCUT2D eigenvalue weighted by molar-refractivity contribution is 5.97. The lowest BCUT2D eigenvalue weighted by molar-refractivity contribution is -0.384. The molecule has 22 heavy (non-hydrogen) atoms. The number of hydrogen-bond donors (Lipinski definition) is 1. The van der Waals surface area contributed by atoms with Gasteiger partial charge in [0.05, 0.1) is 29.8 Å². The predicted octanol–water partition coefficient (Wildman–Crippen LogP) is 1.34. The van der Waals surface area contributed by atoms with Crippen molar-refractivity contribution in [3.8, 4) is 0 Å². The smallest absolute Gasteiger partial charge is 0.340 e. The first-order valence-electron chi connectivity index (χ1n) is 6.75. The summed E-state index contributed by atoms with van der Waals surface area (Å²) in [5.74, 6) is -0.891. The number of amides is 1. The molecule has 0 aliphatic heterocycles. The molecule has 1 N–H and O–H groups in total. The standard InChI is InChI=1S/C14H19N3O5/c1-4-7-15-13(18)9-16(2)12-6-5-10(17(20)21)8-11(12)14(19)22-3/h5-6,8H,4,7,9H2,1-3H3,(H,15,18). The van der Waals surface area contributed by atoms with E-state index in [1.165, 1.54) is 19.2 Å². The molecule has 8 heteroatoms. The molecule has 0 heterocycles. The second kappa shape index (κ2) is 7.96. The molecule has 0 saturated heterocycles. The van der Waals surface area contributed by atoms with Crippen LogP contribution in [0, 0.1) is 10.1 Å². The van der Waals surface area contributed by atoms with Gasteiger partial charge in [-0.3, -0.25) is 14.9 Å². The average molecular weight is 309 g/mol. The number of nitro benzene ring substituents is 1. The fraction of sp³-hybridized carbons (Fsp3) is 0.429. The van der Waals surface area contributed by atoms with E-state index in [0.717, 1.165) is 12.5 Å². The molecule has 0 fully saturated rings. The lowest BCUT2D eigenvalue weighted by atomic mass is 10.1. The fourth-order valence-electron chi connectivity index (χ4n) is 1.86. The summed E-state index contributed by atoms with van der Waals surface area (Å²) in [5, 5.41) is 13.5. The minimum Gasteiger partial charge on any atom is -0.465 e. The Morgan fingerprint density at radius 2 is 2.09 bits per heavy atom. The van der Waals surface area contributed by atoms with Crippen LogP contribution in [-0.2, 0) is 9.53 Å². The van der Waals surface area contributed by atoms with Crippen LogP contribution in [-0.4, -0.2) is 44.0 Å². The number of anilines is 1. The molecule has 1 amide bonds. The number of nitrogens with one attached hydrogen (secondary N) is 1. The minimum absolute atomic E-state index is 0.0296. The number of carbonyl (C=O) groups is 2. The van der Waals surface area contributed by atoms with E-state index in [1.54, 1.807) is 11.9 Å². The van der Waals surface area contributed by atoms with Gasteiger partial charge in [-0.1, -0.05) is 6.92 Å². The number of ether oxygens (including phenoxy) is 1. The summed E-state index contributed by atoms with van der Waals surface area (Å²) in [6, 6.07) is 3.85. The van der Waals surface area contributed by atoms with Crippen LogP contribution < -0.4 is 10.2 Å². The topological polar surface area (TPSA) is 102 Å². The van der Waals surface area contributed by atoms with Gasteiger partial charge in [0, 0.05) is 25.7 Å². The molecule has 0 unspecified atom stereocenters. The Balaban J connectivity index is 3.03. The number of hydrogen-bond acceptors (Lipinski definition) is 6. The number of benzene rings is 1. The van der Waals surface area contributed by atoms with Crippen molar-refractivity contribution in [1.82, 2.24) is 5.32 Å². The third-order valence-electron chi connectivity index (χ3n) is 2.96. The molecule has 1 aromatic carbocycles. The Labute approximate surface area is 128 Å².